The summed E-state index contributed by atoms with van der Waals surface area (Å²) in [5.74, 6) is 0.733. The Morgan fingerprint density at radius 3 is 2.47 bits per heavy atom. The van der Waals surface area contributed by atoms with E-state index in [1.165, 1.54) is 12.1 Å². The molecule has 5 heteroatoms. The van der Waals surface area contributed by atoms with Crippen molar-refractivity contribution in [3.8, 4) is 0 Å². The van der Waals surface area contributed by atoms with Gasteiger partial charge in [0.1, 0.15) is 5.82 Å². The van der Waals surface area contributed by atoms with Crippen molar-refractivity contribution >= 4 is 11.6 Å². The van der Waals surface area contributed by atoms with E-state index in [0.29, 0.717) is 0 Å². The highest BCUT2D eigenvalue weighted by atomic mass is 19.1. The van der Waals surface area contributed by atoms with Crippen LogP contribution in [0.15, 0.2) is 29.3 Å². The number of benzene rings is 1. The van der Waals surface area contributed by atoms with Crippen LogP contribution >= 0.6 is 0 Å². The zero-order valence-electron chi connectivity index (χ0n) is 12.2. The van der Waals surface area contributed by atoms with E-state index in [9.17, 15) is 4.39 Å². The average Bonchev–Trinajstić information content (AvgIpc) is 2.32. The Morgan fingerprint density at radius 2 is 1.89 bits per heavy atom. The zero-order chi connectivity index (χ0) is 14.3. The molecule has 0 aliphatic heterocycles. The molecule has 0 radical (unpaired) electrons. The molecule has 106 valence electrons. The Labute approximate surface area is 114 Å². The summed E-state index contributed by atoms with van der Waals surface area (Å²) in [5.41, 5.74) is 0.810. The van der Waals surface area contributed by atoms with Crippen LogP contribution in [0.5, 0.6) is 0 Å². The molecular weight excluding hydrogens is 243 g/mol. The molecule has 1 aromatic rings. The van der Waals surface area contributed by atoms with Crippen LogP contribution < -0.4 is 5.32 Å². The third-order valence-corrected chi connectivity index (χ3v) is 2.54. The van der Waals surface area contributed by atoms with E-state index < -0.39 is 0 Å². The molecule has 1 aromatic carbocycles. The number of anilines is 1. The first-order valence-electron chi connectivity index (χ1n) is 6.39. The molecule has 0 aliphatic carbocycles. The van der Waals surface area contributed by atoms with E-state index in [4.69, 9.17) is 0 Å². The second-order valence-corrected chi connectivity index (χ2v) is 4.76. The maximum absolute atomic E-state index is 13.0. The fraction of sp³-hybridized carbons (Fsp3) is 0.500. The summed E-state index contributed by atoms with van der Waals surface area (Å²) in [6.45, 7) is 1.52. The van der Waals surface area contributed by atoms with Gasteiger partial charge in [0.2, 0.25) is 0 Å². The Kier molecular flexibility index (Phi) is 6.12. The van der Waals surface area contributed by atoms with E-state index in [1.807, 2.05) is 44.1 Å². The van der Waals surface area contributed by atoms with Gasteiger partial charge in [-0.1, -0.05) is 6.07 Å². The molecule has 0 saturated heterocycles. The lowest BCUT2D eigenvalue weighted by molar-refractivity contribution is 0.479. The van der Waals surface area contributed by atoms with Gasteiger partial charge in [0.25, 0.3) is 0 Å². The molecule has 4 nitrogen and oxygen atoms in total. The standard InChI is InChI=1S/C14H23FN4/c1-18(2)14(19(3)4)17-10-6-9-16-13-8-5-7-12(15)11-13/h5,7-8,11,16H,6,9-10H2,1-4H3. The van der Waals surface area contributed by atoms with Crippen LogP contribution in [0.25, 0.3) is 0 Å². The molecule has 19 heavy (non-hydrogen) atoms. The number of halogens is 1. The summed E-state index contributed by atoms with van der Waals surface area (Å²) in [7, 11) is 7.90. The summed E-state index contributed by atoms with van der Waals surface area (Å²) in [4.78, 5) is 8.50. The first kappa shape index (κ1) is 15.3. The van der Waals surface area contributed by atoms with E-state index in [2.05, 4.69) is 10.3 Å². The van der Waals surface area contributed by atoms with Gasteiger partial charge in [-0.05, 0) is 24.6 Å². The van der Waals surface area contributed by atoms with Gasteiger partial charge in [-0.25, -0.2) is 4.39 Å². The lowest BCUT2D eigenvalue weighted by Crippen LogP contribution is -2.35. The molecule has 0 aromatic heterocycles. The van der Waals surface area contributed by atoms with Crippen molar-refractivity contribution in [3.05, 3.63) is 30.1 Å². The third-order valence-electron chi connectivity index (χ3n) is 2.54. The lowest BCUT2D eigenvalue weighted by atomic mass is 10.3. The highest BCUT2D eigenvalue weighted by Crippen LogP contribution is 2.08. The van der Waals surface area contributed by atoms with Crippen LogP contribution in [-0.2, 0) is 0 Å². The van der Waals surface area contributed by atoms with E-state index >= 15 is 0 Å². The smallest absolute Gasteiger partial charge is 0.195 e. The Bertz CT molecular complexity index is 406. The van der Waals surface area contributed by atoms with Crippen LogP contribution in [0.2, 0.25) is 0 Å². The first-order valence-corrected chi connectivity index (χ1v) is 6.39. The van der Waals surface area contributed by atoms with Crippen LogP contribution in [0, 0.1) is 5.82 Å². The molecule has 0 amide bonds. The maximum Gasteiger partial charge on any atom is 0.195 e. The van der Waals surface area contributed by atoms with Crippen molar-refractivity contribution in [1.82, 2.24) is 9.80 Å². The van der Waals surface area contributed by atoms with Gasteiger partial charge in [-0.15, -0.1) is 0 Å². The first-order chi connectivity index (χ1) is 9.00. The van der Waals surface area contributed by atoms with E-state index in [1.54, 1.807) is 6.07 Å². The molecule has 0 unspecified atom stereocenters. The van der Waals surface area contributed by atoms with Gasteiger partial charge in [0.05, 0.1) is 0 Å². The fourth-order valence-electron chi connectivity index (χ4n) is 1.77. The van der Waals surface area contributed by atoms with Gasteiger partial charge in [-0.2, -0.15) is 0 Å². The maximum atomic E-state index is 13.0. The number of hydrogen-bond acceptors (Lipinski definition) is 2. The molecular formula is C14H23FN4. The normalized spacial score (nSPS) is 9.95. The summed E-state index contributed by atoms with van der Waals surface area (Å²) >= 11 is 0. The topological polar surface area (TPSA) is 30.9 Å². The summed E-state index contributed by atoms with van der Waals surface area (Å²) in [6.07, 6.45) is 0.904. The quantitative estimate of drug-likeness (QED) is 0.503. The molecule has 0 bridgehead atoms. The highest BCUT2D eigenvalue weighted by Gasteiger charge is 2.02. The van der Waals surface area contributed by atoms with Gasteiger partial charge in [0.15, 0.2) is 5.96 Å². The van der Waals surface area contributed by atoms with Crippen LogP contribution in [0.1, 0.15) is 6.42 Å². The highest BCUT2D eigenvalue weighted by molar-refractivity contribution is 5.79. The number of rotatable bonds is 5. The lowest BCUT2D eigenvalue weighted by Gasteiger charge is -2.22. The number of nitrogens with zero attached hydrogens (tertiary/aromatic N) is 3. The minimum absolute atomic E-state index is 0.217. The zero-order valence-corrected chi connectivity index (χ0v) is 12.2. The minimum atomic E-state index is -0.217. The monoisotopic (exact) mass is 266 g/mol. The number of guanidine groups is 1. The van der Waals surface area contributed by atoms with Crippen LogP contribution in [-0.4, -0.2) is 57.0 Å². The molecule has 0 saturated carbocycles. The van der Waals surface area contributed by atoms with Crippen molar-refractivity contribution in [2.45, 2.75) is 6.42 Å². The average molecular weight is 266 g/mol. The summed E-state index contributed by atoms with van der Waals surface area (Å²) in [6, 6.07) is 6.49. The largest absolute Gasteiger partial charge is 0.385 e. The number of aliphatic imine (C=N–C) groups is 1. The van der Waals surface area contributed by atoms with Gasteiger partial charge in [0, 0.05) is 47.0 Å². The van der Waals surface area contributed by atoms with E-state index in [-0.39, 0.29) is 5.82 Å². The van der Waals surface area contributed by atoms with Crippen LogP contribution in [0.4, 0.5) is 10.1 Å². The fourth-order valence-corrected chi connectivity index (χ4v) is 1.77. The van der Waals surface area contributed by atoms with Gasteiger partial charge in [-0.3, -0.25) is 4.99 Å². The van der Waals surface area contributed by atoms with Crippen molar-refractivity contribution in [2.24, 2.45) is 4.99 Å². The third kappa shape index (κ3) is 5.59. The minimum Gasteiger partial charge on any atom is -0.385 e. The predicted octanol–water partition coefficient (Wildman–Crippen LogP) is 2.11. The Morgan fingerprint density at radius 1 is 1.21 bits per heavy atom. The van der Waals surface area contributed by atoms with Crippen molar-refractivity contribution in [3.63, 3.8) is 0 Å². The van der Waals surface area contributed by atoms with E-state index in [0.717, 1.165) is 31.2 Å². The molecule has 0 spiro atoms. The van der Waals surface area contributed by atoms with Crippen molar-refractivity contribution in [1.29, 1.82) is 0 Å². The Balaban J connectivity index is 2.33. The van der Waals surface area contributed by atoms with Crippen molar-refractivity contribution in [2.75, 3.05) is 46.6 Å². The Hall–Kier alpha value is -1.78. The molecule has 1 N–H and O–H groups in total. The van der Waals surface area contributed by atoms with Crippen molar-refractivity contribution < 1.29 is 4.39 Å². The second kappa shape index (κ2) is 7.61. The SMILES string of the molecule is CN(C)C(=NCCCNc1cccc(F)c1)N(C)C. The predicted molar refractivity (Wildman–Crippen MR) is 79.2 cm³/mol. The molecule has 0 atom stereocenters. The molecule has 1 rings (SSSR count). The van der Waals surface area contributed by atoms with Crippen LogP contribution in [0.3, 0.4) is 0 Å². The summed E-state index contributed by atoms with van der Waals surface area (Å²) < 4.78 is 13.0. The molecule has 0 aliphatic rings. The number of hydrogen-bond donors (Lipinski definition) is 1. The van der Waals surface area contributed by atoms with Gasteiger partial charge < -0.3 is 15.1 Å². The molecule has 0 heterocycles. The summed E-state index contributed by atoms with van der Waals surface area (Å²) in [5, 5.41) is 3.18. The number of nitrogens with one attached hydrogen (secondary N) is 1. The molecule has 0 fully saturated rings. The second-order valence-electron chi connectivity index (χ2n) is 4.76. The van der Waals surface area contributed by atoms with Gasteiger partial charge >= 0.3 is 0 Å².